The Bertz CT molecular complexity index is 903. The van der Waals surface area contributed by atoms with Crippen LogP contribution in [0.15, 0.2) is 24.0 Å². The average Bonchev–Trinajstić information content (AvgIpc) is 3.57. The molecule has 2 aliphatic heterocycles. The average molecular weight is 560 g/mol. The first-order valence-electron chi connectivity index (χ1n) is 16.3. The van der Waals surface area contributed by atoms with Crippen molar-refractivity contribution in [1.82, 2.24) is 9.80 Å². The van der Waals surface area contributed by atoms with Gasteiger partial charge in [0.15, 0.2) is 0 Å². The van der Waals surface area contributed by atoms with Gasteiger partial charge in [-0.1, -0.05) is 110 Å². The Labute approximate surface area is 241 Å². The van der Waals surface area contributed by atoms with Crippen molar-refractivity contribution in [3.63, 3.8) is 0 Å². The molecular weight excluding hydrogens is 506 g/mol. The predicted molar refractivity (Wildman–Crippen MR) is 158 cm³/mol. The molecule has 8 nitrogen and oxygen atoms in total. The van der Waals surface area contributed by atoms with E-state index in [1.165, 1.54) is 101 Å². The number of likely N-dealkylation sites (tertiary alicyclic amines) is 2. The van der Waals surface area contributed by atoms with Crippen molar-refractivity contribution in [3.05, 3.63) is 34.1 Å². The van der Waals surface area contributed by atoms with Crippen molar-refractivity contribution in [2.24, 2.45) is 0 Å². The number of aliphatic hydroxyl groups excluding tert-OH is 1. The number of unbranched alkanes of at least 4 members (excludes halogenated alkanes) is 15. The largest absolute Gasteiger partial charge is 0.509 e. The maximum Gasteiger partial charge on any atom is 0.340 e. The van der Waals surface area contributed by atoms with E-state index in [1.807, 2.05) is 0 Å². The minimum atomic E-state index is -1.89. The first kappa shape index (κ1) is 32.1. The highest BCUT2D eigenvalue weighted by Crippen LogP contribution is 2.41. The van der Waals surface area contributed by atoms with E-state index in [-0.39, 0.29) is 30.5 Å². The molecule has 2 saturated heterocycles. The van der Waals surface area contributed by atoms with E-state index in [4.69, 9.17) is 0 Å². The lowest BCUT2D eigenvalue weighted by molar-refractivity contribution is -0.565. The van der Waals surface area contributed by atoms with Gasteiger partial charge in [0.25, 0.3) is 0 Å². The van der Waals surface area contributed by atoms with E-state index in [0.717, 1.165) is 19.3 Å². The van der Waals surface area contributed by atoms with Crippen LogP contribution in [0.2, 0.25) is 0 Å². The van der Waals surface area contributed by atoms with Crippen LogP contribution in [-0.2, 0) is 9.59 Å². The number of hydrogen-bond acceptors (Lipinski definition) is 5. The lowest BCUT2D eigenvalue weighted by Crippen LogP contribution is -2.58. The van der Waals surface area contributed by atoms with Gasteiger partial charge in [0.2, 0.25) is 11.8 Å². The van der Waals surface area contributed by atoms with Crippen molar-refractivity contribution >= 4 is 11.8 Å². The zero-order valence-electron chi connectivity index (χ0n) is 24.9. The molecule has 1 aliphatic carbocycles. The Morgan fingerprint density at radius 1 is 0.750 bits per heavy atom. The van der Waals surface area contributed by atoms with Gasteiger partial charge in [-0.15, -0.1) is 0 Å². The summed E-state index contributed by atoms with van der Waals surface area (Å²) >= 11 is 0. The number of nitro groups is 1. The SMILES string of the molecule is CCCCCCCCCCCCCCCCCCC1(N2CCCC2=O)C=CC(N2CCCC2=O)([N+](=O)[O-])C=C1O. The highest BCUT2D eigenvalue weighted by Gasteiger charge is 2.55. The van der Waals surface area contributed by atoms with Gasteiger partial charge in [0, 0.05) is 32.0 Å². The van der Waals surface area contributed by atoms with E-state index >= 15 is 0 Å². The number of rotatable bonds is 20. The summed E-state index contributed by atoms with van der Waals surface area (Å²) in [6.45, 7) is 3.06. The van der Waals surface area contributed by atoms with Crippen molar-refractivity contribution < 1.29 is 19.6 Å². The summed E-state index contributed by atoms with van der Waals surface area (Å²) in [7, 11) is 0. The van der Waals surface area contributed by atoms with E-state index in [2.05, 4.69) is 6.92 Å². The molecule has 1 N–H and O–H groups in total. The second-order valence-corrected chi connectivity index (χ2v) is 12.2. The van der Waals surface area contributed by atoms with Crippen LogP contribution in [0.4, 0.5) is 0 Å². The molecule has 0 spiro atoms. The Morgan fingerprint density at radius 2 is 1.20 bits per heavy atom. The molecule has 2 amide bonds. The highest BCUT2D eigenvalue weighted by atomic mass is 16.6. The number of amides is 2. The van der Waals surface area contributed by atoms with Gasteiger partial charge < -0.3 is 10.0 Å². The van der Waals surface area contributed by atoms with E-state index in [0.29, 0.717) is 32.2 Å². The monoisotopic (exact) mass is 559 g/mol. The fourth-order valence-electron chi connectivity index (χ4n) is 6.71. The molecule has 8 heteroatoms. The minimum Gasteiger partial charge on any atom is -0.509 e. The predicted octanol–water partition coefficient (Wildman–Crippen LogP) is 7.61. The fraction of sp³-hybridized carbons (Fsp3) is 0.812. The summed E-state index contributed by atoms with van der Waals surface area (Å²) in [5.41, 5.74) is -2.95. The molecule has 2 atom stereocenters. The van der Waals surface area contributed by atoms with Gasteiger partial charge in [0.05, 0.1) is 11.0 Å². The van der Waals surface area contributed by atoms with Gasteiger partial charge in [0.1, 0.15) is 11.3 Å². The molecule has 3 rings (SSSR count). The summed E-state index contributed by atoms with van der Waals surface area (Å²) < 4.78 is 0. The standard InChI is InChI=1S/C32H53N3O5/c1-2-3-4-5-6-7-8-9-10-11-12-13-14-15-16-17-22-31(33-25-18-20-29(33)37)23-24-32(35(39)40,27-28(31)36)34-26-19-21-30(34)38/h23-24,27,36H,2-22,25-26H2,1H3. The van der Waals surface area contributed by atoms with Crippen molar-refractivity contribution in [2.45, 2.75) is 153 Å². The zero-order valence-corrected chi connectivity index (χ0v) is 24.9. The van der Waals surface area contributed by atoms with Gasteiger partial charge in [-0.05, 0) is 25.3 Å². The van der Waals surface area contributed by atoms with Crippen LogP contribution in [-0.4, -0.2) is 55.9 Å². The minimum absolute atomic E-state index is 0.0352. The lowest BCUT2D eigenvalue weighted by atomic mass is 9.81. The summed E-state index contributed by atoms with van der Waals surface area (Å²) in [6.07, 6.45) is 27.1. The van der Waals surface area contributed by atoms with E-state index in [1.54, 1.807) is 11.0 Å². The molecule has 0 saturated carbocycles. The lowest BCUT2D eigenvalue weighted by Gasteiger charge is -2.43. The maximum atomic E-state index is 12.8. The van der Waals surface area contributed by atoms with Gasteiger partial charge in [-0.2, -0.15) is 0 Å². The second kappa shape index (κ2) is 16.2. The summed E-state index contributed by atoms with van der Waals surface area (Å²) in [5, 5.41) is 23.5. The van der Waals surface area contributed by atoms with Crippen molar-refractivity contribution in [1.29, 1.82) is 0 Å². The smallest absolute Gasteiger partial charge is 0.340 e. The molecule has 0 bridgehead atoms. The topological polar surface area (TPSA) is 104 Å². The normalized spacial score (nSPS) is 24.8. The molecule has 0 aromatic rings. The number of carbonyl (C=O) groups is 2. The quantitative estimate of drug-likeness (QED) is 0.0715. The number of nitrogens with zero attached hydrogens (tertiary/aromatic N) is 3. The maximum absolute atomic E-state index is 12.8. The van der Waals surface area contributed by atoms with Gasteiger partial charge in [-0.3, -0.25) is 24.6 Å². The first-order valence-corrected chi connectivity index (χ1v) is 16.3. The van der Waals surface area contributed by atoms with Crippen LogP contribution < -0.4 is 0 Å². The van der Waals surface area contributed by atoms with Crippen LogP contribution in [0.3, 0.4) is 0 Å². The Morgan fingerprint density at radius 3 is 1.60 bits per heavy atom. The Hall–Kier alpha value is -2.38. The third-order valence-corrected chi connectivity index (χ3v) is 9.16. The molecule has 2 fully saturated rings. The Balaban J connectivity index is 1.42. The second-order valence-electron chi connectivity index (χ2n) is 12.2. The van der Waals surface area contributed by atoms with E-state index in [9.17, 15) is 24.8 Å². The number of hydrogen-bond donors (Lipinski definition) is 1. The van der Waals surface area contributed by atoms with Crippen LogP contribution in [0, 0.1) is 10.1 Å². The van der Waals surface area contributed by atoms with Crippen LogP contribution in [0.25, 0.3) is 0 Å². The van der Waals surface area contributed by atoms with Crippen molar-refractivity contribution in [3.8, 4) is 0 Å². The molecule has 2 unspecified atom stereocenters. The molecule has 0 radical (unpaired) electrons. The molecule has 2 heterocycles. The third kappa shape index (κ3) is 8.10. The molecular formula is C32H53N3O5. The zero-order chi connectivity index (χ0) is 28.8. The van der Waals surface area contributed by atoms with Crippen molar-refractivity contribution in [2.75, 3.05) is 13.1 Å². The summed E-state index contributed by atoms with van der Waals surface area (Å²) in [4.78, 5) is 39.8. The molecule has 226 valence electrons. The third-order valence-electron chi connectivity index (χ3n) is 9.16. The highest BCUT2D eigenvalue weighted by molar-refractivity contribution is 5.81. The van der Waals surface area contributed by atoms with Crippen LogP contribution in [0.1, 0.15) is 142 Å². The molecule has 3 aliphatic rings. The molecule has 0 aromatic heterocycles. The van der Waals surface area contributed by atoms with Gasteiger partial charge >= 0.3 is 5.66 Å². The summed E-state index contributed by atoms with van der Waals surface area (Å²) in [6, 6.07) is 0. The summed E-state index contributed by atoms with van der Waals surface area (Å²) in [5.74, 6) is -0.498. The number of carbonyl (C=O) groups excluding carboxylic acids is 2. The first-order chi connectivity index (χ1) is 19.4. The van der Waals surface area contributed by atoms with Crippen LogP contribution >= 0.6 is 0 Å². The molecule has 40 heavy (non-hydrogen) atoms. The fourth-order valence-corrected chi connectivity index (χ4v) is 6.71. The van der Waals surface area contributed by atoms with E-state index < -0.39 is 16.1 Å². The van der Waals surface area contributed by atoms with Gasteiger partial charge in [-0.25, -0.2) is 0 Å². The molecule has 0 aromatic carbocycles. The number of aliphatic hydroxyl groups is 1. The van der Waals surface area contributed by atoms with Crippen LogP contribution in [0.5, 0.6) is 0 Å². The Kier molecular flexibility index (Phi) is 13.0.